The molecule has 2 aromatic rings. The molecule has 27 heavy (non-hydrogen) atoms. The molecule has 5 nitrogen and oxygen atoms in total. The van der Waals surface area contributed by atoms with Gasteiger partial charge in [-0.1, -0.05) is 6.58 Å². The monoisotopic (exact) mass is 361 g/mol. The Morgan fingerprint density at radius 1 is 1.37 bits per heavy atom. The number of halogens is 1. The van der Waals surface area contributed by atoms with E-state index in [1.165, 1.54) is 0 Å². The van der Waals surface area contributed by atoms with Crippen molar-refractivity contribution in [1.29, 1.82) is 0 Å². The first-order chi connectivity index (χ1) is 13.1. The van der Waals surface area contributed by atoms with Crippen LogP contribution in [0.5, 0.6) is 0 Å². The summed E-state index contributed by atoms with van der Waals surface area (Å²) in [5.41, 5.74) is 3.28. The van der Waals surface area contributed by atoms with Crippen LogP contribution in [-0.2, 0) is 12.1 Å². The Kier molecular flexibility index (Phi) is 4.18. The summed E-state index contributed by atoms with van der Waals surface area (Å²) < 4.78 is 14.2. The van der Waals surface area contributed by atoms with Crippen LogP contribution in [0.3, 0.4) is 0 Å². The zero-order valence-electron chi connectivity index (χ0n) is 15.2. The lowest BCUT2D eigenvalue weighted by atomic mass is 10.00. The maximum atomic E-state index is 14.2. The first-order valence-electron chi connectivity index (χ1n) is 8.80. The lowest BCUT2D eigenvalue weighted by molar-refractivity contribution is 0.611. The molecule has 6 heteroatoms. The third kappa shape index (κ3) is 2.87. The van der Waals surface area contributed by atoms with Gasteiger partial charge < -0.3 is 4.90 Å². The summed E-state index contributed by atoms with van der Waals surface area (Å²) in [5.74, 6) is 1.22. The molecule has 0 bridgehead atoms. The van der Waals surface area contributed by atoms with E-state index in [4.69, 9.17) is 0 Å². The zero-order valence-corrected chi connectivity index (χ0v) is 15.2. The number of allylic oxidation sites excluding steroid dienone is 1. The molecule has 2 aliphatic rings. The van der Waals surface area contributed by atoms with E-state index in [2.05, 4.69) is 38.1 Å². The highest BCUT2D eigenvalue weighted by Crippen LogP contribution is 2.61. The molecule has 1 fully saturated rings. The molecule has 0 unspecified atom stereocenters. The van der Waals surface area contributed by atoms with Crippen molar-refractivity contribution in [3.05, 3.63) is 71.6 Å². The van der Waals surface area contributed by atoms with Gasteiger partial charge in [0.25, 0.3) is 0 Å². The van der Waals surface area contributed by atoms with Crippen LogP contribution in [0.15, 0.2) is 53.2 Å². The Morgan fingerprint density at radius 2 is 2.19 bits per heavy atom. The van der Waals surface area contributed by atoms with E-state index in [1.807, 2.05) is 12.1 Å². The van der Waals surface area contributed by atoms with Gasteiger partial charge in [0.1, 0.15) is 11.6 Å². The topological polar surface area (TPSA) is 53.7 Å². The van der Waals surface area contributed by atoms with Crippen molar-refractivity contribution in [2.75, 3.05) is 4.90 Å². The molecular formula is C21H20FN5. The second-order valence-electron chi connectivity index (χ2n) is 6.81. The summed E-state index contributed by atoms with van der Waals surface area (Å²) in [5, 5.41) is 0. The van der Waals surface area contributed by atoms with Gasteiger partial charge in [0, 0.05) is 29.9 Å². The molecular weight excluding hydrogens is 341 g/mol. The molecule has 1 aliphatic heterocycles. The van der Waals surface area contributed by atoms with Crippen LogP contribution in [0.2, 0.25) is 0 Å². The zero-order chi connectivity index (χ0) is 19.0. The summed E-state index contributed by atoms with van der Waals surface area (Å²) >= 11 is 0. The number of fused-ring (bicyclic) bond motifs is 2. The van der Waals surface area contributed by atoms with Crippen LogP contribution >= 0.6 is 0 Å². The van der Waals surface area contributed by atoms with Gasteiger partial charge in [0.05, 0.1) is 12.1 Å². The summed E-state index contributed by atoms with van der Waals surface area (Å²) in [6.07, 6.45) is 8.54. The number of benzene rings is 1. The highest BCUT2D eigenvalue weighted by Gasteiger charge is 2.57. The van der Waals surface area contributed by atoms with Crippen molar-refractivity contribution in [1.82, 2.24) is 9.97 Å². The van der Waals surface area contributed by atoms with Crippen molar-refractivity contribution >= 4 is 24.4 Å². The lowest BCUT2D eigenvalue weighted by Gasteiger charge is -2.27. The van der Waals surface area contributed by atoms with Gasteiger partial charge in [-0.15, -0.1) is 0 Å². The van der Waals surface area contributed by atoms with E-state index in [0.29, 0.717) is 17.9 Å². The average Bonchev–Trinajstić information content (AvgIpc) is 3.41. The fourth-order valence-corrected chi connectivity index (χ4v) is 3.66. The molecule has 4 rings (SSSR count). The number of hydrogen-bond acceptors (Lipinski definition) is 5. The van der Waals surface area contributed by atoms with Gasteiger partial charge in [-0.05, 0) is 61.9 Å². The van der Waals surface area contributed by atoms with Gasteiger partial charge in [-0.2, -0.15) is 0 Å². The second kappa shape index (κ2) is 6.54. The maximum Gasteiger partial charge on any atom is 0.152 e. The summed E-state index contributed by atoms with van der Waals surface area (Å²) in [6, 6.07) is 5.42. The van der Waals surface area contributed by atoms with Gasteiger partial charge in [0.15, 0.2) is 5.82 Å². The van der Waals surface area contributed by atoms with E-state index < -0.39 is 0 Å². The predicted molar refractivity (Wildman–Crippen MR) is 106 cm³/mol. The smallest absolute Gasteiger partial charge is 0.152 e. The van der Waals surface area contributed by atoms with E-state index in [1.54, 1.807) is 37.7 Å². The number of aryl methyl sites for hydroxylation is 1. The van der Waals surface area contributed by atoms with E-state index in [9.17, 15) is 4.39 Å². The van der Waals surface area contributed by atoms with Gasteiger partial charge in [-0.25, -0.2) is 14.4 Å². The Morgan fingerprint density at radius 3 is 2.93 bits per heavy atom. The van der Waals surface area contributed by atoms with Crippen LogP contribution < -0.4 is 4.90 Å². The highest BCUT2D eigenvalue weighted by molar-refractivity contribution is 5.88. The Hall–Kier alpha value is -3.15. The van der Waals surface area contributed by atoms with E-state index in [0.717, 1.165) is 35.5 Å². The van der Waals surface area contributed by atoms with Crippen molar-refractivity contribution in [2.24, 2.45) is 9.98 Å². The average molecular weight is 361 g/mol. The Bertz CT molecular complexity index is 988. The minimum absolute atomic E-state index is 0.172. The molecule has 1 spiro atoms. The number of hydrogen-bond donors (Lipinski definition) is 0. The van der Waals surface area contributed by atoms with Gasteiger partial charge in [-0.3, -0.25) is 9.98 Å². The molecule has 1 saturated carbocycles. The first kappa shape index (κ1) is 17.3. The lowest BCUT2D eigenvalue weighted by Crippen LogP contribution is -2.28. The van der Waals surface area contributed by atoms with Crippen LogP contribution in [0, 0.1) is 12.7 Å². The van der Waals surface area contributed by atoms with Crippen LogP contribution in [0.25, 0.3) is 5.70 Å². The van der Waals surface area contributed by atoms with Crippen molar-refractivity contribution < 1.29 is 4.39 Å². The van der Waals surface area contributed by atoms with E-state index >= 15 is 0 Å². The highest BCUT2D eigenvalue weighted by atomic mass is 19.1. The van der Waals surface area contributed by atoms with Crippen molar-refractivity contribution in [2.45, 2.75) is 31.8 Å². The standard InChI is InChI=1S/C21H20FN5/c1-14-11-16-15(2)27(21(6-7-21)17(16)12-18(14)22)20-5-10-25-19(26-20)13-24-9-4-8-23-3/h4-5,8-12H,2-3,6-7,13H2,1H3/b8-4-,24-9?. The number of anilines is 1. The molecule has 2 heterocycles. The number of aliphatic imine (C=N–C) groups is 2. The normalized spacial score (nSPS) is 17.3. The predicted octanol–water partition coefficient (Wildman–Crippen LogP) is 4.19. The summed E-state index contributed by atoms with van der Waals surface area (Å²) in [4.78, 5) is 19.0. The van der Waals surface area contributed by atoms with Gasteiger partial charge in [0.2, 0.25) is 0 Å². The summed E-state index contributed by atoms with van der Waals surface area (Å²) in [7, 11) is 0. The minimum atomic E-state index is -0.228. The largest absolute Gasteiger partial charge is 0.316 e. The second-order valence-corrected chi connectivity index (χ2v) is 6.81. The fraction of sp³-hybridized carbons (Fsp3) is 0.238. The van der Waals surface area contributed by atoms with Crippen LogP contribution in [-0.4, -0.2) is 22.9 Å². The number of rotatable bonds is 5. The van der Waals surface area contributed by atoms with E-state index in [-0.39, 0.29) is 11.4 Å². The quantitative estimate of drug-likeness (QED) is 0.751. The molecule has 0 radical (unpaired) electrons. The summed E-state index contributed by atoms with van der Waals surface area (Å²) in [6.45, 7) is 9.78. The first-order valence-corrected chi connectivity index (χ1v) is 8.80. The number of nitrogens with zero attached hydrogens (tertiary/aromatic N) is 5. The third-order valence-electron chi connectivity index (χ3n) is 5.07. The molecule has 1 aliphatic carbocycles. The molecule has 0 atom stereocenters. The Labute approximate surface area is 157 Å². The molecule has 1 aromatic heterocycles. The maximum absolute atomic E-state index is 14.2. The van der Waals surface area contributed by atoms with Crippen LogP contribution in [0.4, 0.5) is 10.2 Å². The van der Waals surface area contributed by atoms with Crippen molar-refractivity contribution in [3.8, 4) is 0 Å². The molecule has 0 amide bonds. The fourth-order valence-electron chi connectivity index (χ4n) is 3.66. The molecule has 0 saturated heterocycles. The van der Waals surface area contributed by atoms with Crippen LogP contribution in [0.1, 0.15) is 35.4 Å². The number of aromatic nitrogens is 2. The SMILES string of the molecule is C=N/C=C\C=NCc1nccc(N2C(=C)c3cc(C)c(F)cc3C23CC3)n1. The van der Waals surface area contributed by atoms with Gasteiger partial charge >= 0.3 is 0 Å². The third-order valence-corrected chi connectivity index (χ3v) is 5.07. The minimum Gasteiger partial charge on any atom is -0.316 e. The molecule has 1 aromatic carbocycles. The molecule has 136 valence electrons. The molecule has 0 N–H and O–H groups in total. The Balaban J connectivity index is 1.66. The van der Waals surface area contributed by atoms with Crippen molar-refractivity contribution in [3.63, 3.8) is 0 Å².